The Balaban J connectivity index is 0.00000162. The van der Waals surface area contributed by atoms with Gasteiger partial charge in [0.25, 0.3) is 0 Å². The van der Waals surface area contributed by atoms with Crippen LogP contribution in [0.3, 0.4) is 0 Å². The number of benzene rings is 2. The van der Waals surface area contributed by atoms with E-state index in [9.17, 15) is 0 Å². The van der Waals surface area contributed by atoms with Gasteiger partial charge in [0.15, 0.2) is 0 Å². The van der Waals surface area contributed by atoms with Crippen molar-refractivity contribution >= 4 is 31.6 Å². The Labute approximate surface area is 116 Å². The summed E-state index contributed by atoms with van der Waals surface area (Å²) in [6, 6.07) is 16.9. The third kappa shape index (κ3) is 4.08. The molecule has 0 saturated heterocycles. The van der Waals surface area contributed by atoms with Gasteiger partial charge in [-0.25, -0.2) is 0 Å². The molecule has 0 amide bonds. The molecule has 2 nitrogen and oxygen atoms in total. The zero-order chi connectivity index (χ0) is 12.1. The van der Waals surface area contributed by atoms with E-state index in [1.54, 1.807) is 0 Å². The fraction of sp³-hybridized carbons (Fsp3) is 0.143. The van der Waals surface area contributed by atoms with Crippen molar-refractivity contribution in [3.05, 3.63) is 59.7 Å². The molecule has 2 aromatic carbocycles. The maximum Gasteiger partial charge on any atom is 0.0178 e. The summed E-state index contributed by atoms with van der Waals surface area (Å²) in [4.78, 5) is 0. The number of rotatable bonds is 4. The van der Waals surface area contributed by atoms with Crippen molar-refractivity contribution in [1.29, 1.82) is 0 Å². The third-order valence-electron chi connectivity index (χ3n) is 2.61. The molecular formula is C14H18ClN2P. The molecule has 0 atom stereocenters. The Kier molecular flexibility index (Phi) is 6.31. The average molecular weight is 281 g/mol. The molecular weight excluding hydrogens is 263 g/mol. The summed E-state index contributed by atoms with van der Waals surface area (Å²) in [7, 11) is 0.664. The highest BCUT2D eigenvalue weighted by atomic mass is 35.5. The van der Waals surface area contributed by atoms with Crippen LogP contribution in [0.15, 0.2) is 48.5 Å². The number of halogens is 1. The van der Waals surface area contributed by atoms with Gasteiger partial charge in [0.05, 0.1) is 0 Å². The van der Waals surface area contributed by atoms with Gasteiger partial charge in [-0.3, -0.25) is 0 Å². The van der Waals surface area contributed by atoms with E-state index in [0.717, 1.165) is 0 Å². The quantitative estimate of drug-likeness (QED) is 0.837. The monoisotopic (exact) mass is 280 g/mol. The summed E-state index contributed by atoms with van der Waals surface area (Å²) in [5.74, 6) is 0. The molecule has 4 heteroatoms. The molecule has 0 aliphatic carbocycles. The molecule has 0 spiro atoms. The molecule has 2 aromatic rings. The minimum absolute atomic E-state index is 0. The van der Waals surface area contributed by atoms with Gasteiger partial charge in [-0.1, -0.05) is 45.0 Å². The van der Waals surface area contributed by atoms with E-state index < -0.39 is 0 Å². The Hall–Kier alpha value is -0.920. The van der Waals surface area contributed by atoms with Crippen LogP contribution in [0.1, 0.15) is 11.1 Å². The lowest BCUT2D eigenvalue weighted by Crippen LogP contribution is -2.07. The van der Waals surface area contributed by atoms with Crippen molar-refractivity contribution in [1.82, 2.24) is 0 Å². The zero-order valence-electron chi connectivity index (χ0n) is 10.1. The van der Waals surface area contributed by atoms with Crippen LogP contribution < -0.4 is 22.1 Å². The van der Waals surface area contributed by atoms with Crippen LogP contribution in [0, 0.1) is 0 Å². The largest absolute Gasteiger partial charge is 0.326 e. The first kappa shape index (κ1) is 15.1. The van der Waals surface area contributed by atoms with Crippen molar-refractivity contribution in [3.8, 4) is 0 Å². The van der Waals surface area contributed by atoms with Crippen LogP contribution in [0.5, 0.6) is 0 Å². The van der Waals surface area contributed by atoms with Gasteiger partial charge in [0.2, 0.25) is 0 Å². The second-order valence-corrected chi connectivity index (χ2v) is 5.34. The van der Waals surface area contributed by atoms with Gasteiger partial charge in [-0.15, -0.1) is 12.4 Å². The van der Waals surface area contributed by atoms with Gasteiger partial charge < -0.3 is 11.5 Å². The molecule has 2 rings (SSSR count). The number of nitrogens with two attached hydrogens (primary N) is 2. The molecule has 0 fully saturated rings. The van der Waals surface area contributed by atoms with Crippen molar-refractivity contribution in [3.63, 3.8) is 0 Å². The SMILES string of the molecule is Cl.NCc1cccc(Pc2cccc(CN)c2)c1. The van der Waals surface area contributed by atoms with Crippen LogP contribution in [0.2, 0.25) is 0 Å². The minimum atomic E-state index is 0. The lowest BCUT2D eigenvalue weighted by atomic mass is 10.2. The molecule has 0 aliphatic rings. The minimum Gasteiger partial charge on any atom is -0.326 e. The molecule has 96 valence electrons. The Bertz CT molecular complexity index is 457. The molecule has 0 bridgehead atoms. The summed E-state index contributed by atoms with van der Waals surface area (Å²) < 4.78 is 0. The predicted octanol–water partition coefficient (Wildman–Crippen LogP) is 1.66. The molecule has 0 unspecified atom stereocenters. The molecule has 4 N–H and O–H groups in total. The van der Waals surface area contributed by atoms with Crippen LogP contribution in [-0.4, -0.2) is 0 Å². The topological polar surface area (TPSA) is 52.0 Å². The second-order valence-electron chi connectivity index (χ2n) is 3.93. The van der Waals surface area contributed by atoms with E-state index in [1.165, 1.54) is 21.7 Å². The van der Waals surface area contributed by atoms with Crippen LogP contribution in [0.25, 0.3) is 0 Å². The summed E-state index contributed by atoms with van der Waals surface area (Å²) in [5, 5.41) is 2.64. The zero-order valence-corrected chi connectivity index (χ0v) is 11.9. The standard InChI is InChI=1S/C14H17N2P.ClH/c15-9-11-3-1-5-13(7-11)17-14-6-2-4-12(8-14)10-16;/h1-8,17H,9-10,15-16H2;1H. The smallest absolute Gasteiger partial charge is 0.0178 e. The first-order valence-corrected chi connectivity index (χ1v) is 6.67. The van der Waals surface area contributed by atoms with Crippen LogP contribution >= 0.6 is 21.0 Å². The van der Waals surface area contributed by atoms with E-state index in [2.05, 4.69) is 48.5 Å². The van der Waals surface area contributed by atoms with E-state index in [1.807, 2.05) is 0 Å². The molecule has 0 radical (unpaired) electrons. The Morgan fingerprint density at radius 3 is 1.61 bits per heavy atom. The van der Waals surface area contributed by atoms with Crippen LogP contribution in [0.4, 0.5) is 0 Å². The van der Waals surface area contributed by atoms with Gasteiger partial charge >= 0.3 is 0 Å². The van der Waals surface area contributed by atoms with E-state index >= 15 is 0 Å². The second kappa shape index (κ2) is 7.50. The van der Waals surface area contributed by atoms with Crippen molar-refractivity contribution < 1.29 is 0 Å². The lowest BCUT2D eigenvalue weighted by molar-refractivity contribution is 1.07. The summed E-state index contributed by atoms with van der Waals surface area (Å²) in [6.45, 7) is 1.20. The number of hydrogen-bond acceptors (Lipinski definition) is 2. The average Bonchev–Trinajstić information content (AvgIpc) is 2.39. The Morgan fingerprint density at radius 2 is 1.22 bits per heavy atom. The highest BCUT2D eigenvalue weighted by molar-refractivity contribution is 7.55. The first-order valence-electron chi connectivity index (χ1n) is 5.67. The van der Waals surface area contributed by atoms with Crippen molar-refractivity contribution in [2.24, 2.45) is 11.5 Å². The van der Waals surface area contributed by atoms with E-state index in [-0.39, 0.29) is 12.4 Å². The van der Waals surface area contributed by atoms with Crippen molar-refractivity contribution in [2.75, 3.05) is 0 Å². The Morgan fingerprint density at radius 1 is 0.778 bits per heavy atom. The fourth-order valence-electron chi connectivity index (χ4n) is 1.72. The maximum absolute atomic E-state index is 5.64. The van der Waals surface area contributed by atoms with Crippen LogP contribution in [-0.2, 0) is 13.1 Å². The fourth-order valence-corrected chi connectivity index (χ4v) is 2.93. The maximum atomic E-state index is 5.64. The summed E-state index contributed by atoms with van der Waals surface area (Å²) >= 11 is 0. The van der Waals surface area contributed by atoms with E-state index in [4.69, 9.17) is 11.5 Å². The van der Waals surface area contributed by atoms with Gasteiger partial charge in [-0.05, 0) is 33.9 Å². The highest BCUT2D eigenvalue weighted by Crippen LogP contribution is 2.12. The van der Waals surface area contributed by atoms with Gasteiger partial charge in [0, 0.05) is 13.1 Å². The lowest BCUT2D eigenvalue weighted by Gasteiger charge is -2.06. The number of hydrogen-bond donors (Lipinski definition) is 2. The molecule has 0 heterocycles. The highest BCUT2D eigenvalue weighted by Gasteiger charge is 1.98. The summed E-state index contributed by atoms with van der Waals surface area (Å²) in [5.41, 5.74) is 13.7. The first-order chi connectivity index (χ1) is 8.31. The van der Waals surface area contributed by atoms with Gasteiger partial charge in [0.1, 0.15) is 0 Å². The predicted molar refractivity (Wildman–Crippen MR) is 83.5 cm³/mol. The summed E-state index contributed by atoms with van der Waals surface area (Å²) in [6.07, 6.45) is 0. The van der Waals surface area contributed by atoms with E-state index in [0.29, 0.717) is 21.7 Å². The molecule has 0 aromatic heterocycles. The molecule has 18 heavy (non-hydrogen) atoms. The molecule has 0 aliphatic heterocycles. The van der Waals surface area contributed by atoms with Crippen molar-refractivity contribution in [2.45, 2.75) is 13.1 Å². The third-order valence-corrected chi connectivity index (χ3v) is 3.81. The van der Waals surface area contributed by atoms with Gasteiger partial charge in [-0.2, -0.15) is 0 Å². The normalized spacial score (nSPS) is 9.89. The molecule has 0 saturated carbocycles.